The standard InChI is InChI=1S/C12H13BrFNO2/c1-12(2)6-17-11(16)15-10(12)7-4-3-5-8(14)9(7)13/h3-5,10H,6H2,1-2H3,(H,15,16)/t10-/m1/s1. The molecule has 0 spiro atoms. The Kier molecular flexibility index (Phi) is 3.12. The van der Waals surface area contributed by atoms with Crippen molar-refractivity contribution in [1.29, 1.82) is 0 Å². The lowest BCUT2D eigenvalue weighted by Crippen LogP contribution is -2.47. The van der Waals surface area contributed by atoms with E-state index in [1.807, 2.05) is 13.8 Å². The van der Waals surface area contributed by atoms with Crippen LogP contribution in [0.4, 0.5) is 9.18 Å². The zero-order valence-corrected chi connectivity index (χ0v) is 11.2. The predicted molar refractivity (Wildman–Crippen MR) is 65.1 cm³/mol. The molecule has 0 bridgehead atoms. The summed E-state index contributed by atoms with van der Waals surface area (Å²) in [5.74, 6) is -0.334. The molecule has 92 valence electrons. The molecule has 1 aromatic carbocycles. The van der Waals surface area contributed by atoms with Crippen molar-refractivity contribution in [3.8, 4) is 0 Å². The number of carbonyl (C=O) groups is 1. The monoisotopic (exact) mass is 301 g/mol. The number of ether oxygens (including phenoxy) is 1. The van der Waals surface area contributed by atoms with Gasteiger partial charge in [-0.2, -0.15) is 0 Å². The Labute approximate surface area is 107 Å². The minimum atomic E-state index is -0.467. The van der Waals surface area contributed by atoms with Gasteiger partial charge in [-0.1, -0.05) is 26.0 Å². The Balaban J connectivity index is 2.43. The highest BCUT2D eigenvalue weighted by Gasteiger charge is 2.39. The number of nitrogens with one attached hydrogen (secondary N) is 1. The first-order chi connectivity index (χ1) is 7.92. The third-order valence-electron chi connectivity index (χ3n) is 2.91. The van der Waals surface area contributed by atoms with Crippen LogP contribution in [0.2, 0.25) is 0 Å². The summed E-state index contributed by atoms with van der Waals surface area (Å²) in [6.07, 6.45) is -0.467. The molecule has 0 unspecified atom stereocenters. The number of hydrogen-bond donors (Lipinski definition) is 1. The van der Waals surface area contributed by atoms with Gasteiger partial charge in [-0.25, -0.2) is 9.18 Å². The quantitative estimate of drug-likeness (QED) is 0.863. The molecule has 1 heterocycles. The zero-order valence-electron chi connectivity index (χ0n) is 9.59. The van der Waals surface area contributed by atoms with E-state index in [9.17, 15) is 9.18 Å². The minimum absolute atomic E-state index is 0.270. The van der Waals surface area contributed by atoms with Crippen LogP contribution < -0.4 is 5.32 Å². The number of cyclic esters (lactones) is 1. The van der Waals surface area contributed by atoms with E-state index < -0.39 is 6.09 Å². The first-order valence-electron chi connectivity index (χ1n) is 5.29. The SMILES string of the molecule is CC1(C)COC(=O)N[C@@H]1c1cccc(F)c1Br. The normalized spacial score (nSPS) is 22.8. The fourth-order valence-electron chi connectivity index (χ4n) is 1.93. The number of hydrogen-bond acceptors (Lipinski definition) is 2. The molecular formula is C12H13BrFNO2. The summed E-state index contributed by atoms with van der Waals surface area (Å²) in [6.45, 7) is 4.25. The van der Waals surface area contributed by atoms with Crippen molar-refractivity contribution in [2.24, 2.45) is 5.41 Å². The second-order valence-corrected chi connectivity index (χ2v) is 5.58. The number of amides is 1. The van der Waals surface area contributed by atoms with Gasteiger partial charge in [0, 0.05) is 5.41 Å². The second-order valence-electron chi connectivity index (χ2n) is 4.79. The van der Waals surface area contributed by atoms with Crippen molar-refractivity contribution in [2.75, 3.05) is 6.61 Å². The summed E-state index contributed by atoms with van der Waals surface area (Å²) in [5, 5.41) is 2.73. The van der Waals surface area contributed by atoms with Gasteiger partial charge in [0.05, 0.1) is 10.5 Å². The van der Waals surface area contributed by atoms with Gasteiger partial charge < -0.3 is 10.1 Å². The van der Waals surface area contributed by atoms with Crippen molar-refractivity contribution in [3.63, 3.8) is 0 Å². The number of halogens is 2. The Bertz CT molecular complexity index is 462. The van der Waals surface area contributed by atoms with Crippen LogP contribution in [-0.2, 0) is 4.74 Å². The fraction of sp³-hybridized carbons (Fsp3) is 0.417. The average Bonchev–Trinajstić information content (AvgIpc) is 2.26. The van der Waals surface area contributed by atoms with E-state index >= 15 is 0 Å². The van der Waals surface area contributed by atoms with Crippen LogP contribution in [-0.4, -0.2) is 12.7 Å². The summed E-state index contributed by atoms with van der Waals surface area (Å²) in [6, 6.07) is 4.54. The zero-order chi connectivity index (χ0) is 12.6. The maximum atomic E-state index is 13.5. The van der Waals surface area contributed by atoms with Crippen LogP contribution in [0.15, 0.2) is 22.7 Å². The molecule has 2 rings (SSSR count). The summed E-state index contributed by atoms with van der Waals surface area (Å²) in [5.41, 5.74) is 0.441. The van der Waals surface area contributed by atoms with Gasteiger partial charge in [0.15, 0.2) is 0 Å². The highest BCUT2D eigenvalue weighted by Crippen LogP contribution is 2.39. The van der Waals surface area contributed by atoms with Gasteiger partial charge in [0.1, 0.15) is 12.4 Å². The van der Waals surface area contributed by atoms with E-state index in [1.165, 1.54) is 6.07 Å². The van der Waals surface area contributed by atoms with Crippen LogP contribution in [0.3, 0.4) is 0 Å². The highest BCUT2D eigenvalue weighted by molar-refractivity contribution is 9.10. The highest BCUT2D eigenvalue weighted by atomic mass is 79.9. The van der Waals surface area contributed by atoms with Crippen LogP contribution in [0, 0.1) is 11.2 Å². The van der Waals surface area contributed by atoms with Gasteiger partial charge >= 0.3 is 6.09 Å². The molecular weight excluding hydrogens is 289 g/mol. The summed E-state index contributed by atoms with van der Waals surface area (Å²) < 4.78 is 18.8. The van der Waals surface area contributed by atoms with E-state index in [1.54, 1.807) is 12.1 Å². The van der Waals surface area contributed by atoms with E-state index in [2.05, 4.69) is 21.2 Å². The average molecular weight is 302 g/mol. The molecule has 1 N–H and O–H groups in total. The van der Waals surface area contributed by atoms with Crippen molar-refractivity contribution in [2.45, 2.75) is 19.9 Å². The van der Waals surface area contributed by atoms with E-state index in [-0.39, 0.29) is 17.3 Å². The lowest BCUT2D eigenvalue weighted by Gasteiger charge is -2.38. The van der Waals surface area contributed by atoms with Gasteiger partial charge in [-0.05, 0) is 27.6 Å². The Morgan fingerprint density at radius 3 is 2.94 bits per heavy atom. The summed E-state index contributed by atoms with van der Waals surface area (Å²) in [4.78, 5) is 11.3. The molecule has 5 heteroatoms. The first kappa shape index (κ1) is 12.4. The molecule has 1 saturated heterocycles. The van der Waals surface area contributed by atoms with Crippen LogP contribution in [0.1, 0.15) is 25.5 Å². The maximum Gasteiger partial charge on any atom is 0.407 e. The maximum absolute atomic E-state index is 13.5. The first-order valence-corrected chi connectivity index (χ1v) is 6.08. The van der Waals surface area contributed by atoms with Gasteiger partial charge in [0.25, 0.3) is 0 Å². The number of rotatable bonds is 1. The van der Waals surface area contributed by atoms with E-state index in [4.69, 9.17) is 4.74 Å². The predicted octanol–water partition coefficient (Wildman–Crippen LogP) is 3.40. The number of alkyl carbamates (subject to hydrolysis) is 1. The van der Waals surface area contributed by atoms with Crippen molar-refractivity contribution in [3.05, 3.63) is 34.1 Å². The largest absolute Gasteiger partial charge is 0.449 e. The summed E-state index contributed by atoms with van der Waals surface area (Å²) >= 11 is 3.22. The van der Waals surface area contributed by atoms with Gasteiger partial charge in [-0.3, -0.25) is 0 Å². The molecule has 1 aliphatic heterocycles. The van der Waals surface area contributed by atoms with E-state index in [0.717, 1.165) is 5.56 Å². The van der Waals surface area contributed by atoms with E-state index in [0.29, 0.717) is 11.1 Å². The third kappa shape index (κ3) is 2.29. The molecule has 1 atom stereocenters. The molecule has 1 fully saturated rings. The third-order valence-corrected chi connectivity index (χ3v) is 3.75. The topological polar surface area (TPSA) is 38.3 Å². The van der Waals surface area contributed by atoms with Crippen LogP contribution in [0.5, 0.6) is 0 Å². The Morgan fingerprint density at radius 2 is 2.24 bits per heavy atom. The lowest BCUT2D eigenvalue weighted by atomic mass is 9.80. The second kappa shape index (κ2) is 4.29. The number of benzene rings is 1. The number of carbonyl (C=O) groups excluding carboxylic acids is 1. The molecule has 3 nitrogen and oxygen atoms in total. The molecule has 0 saturated carbocycles. The lowest BCUT2D eigenvalue weighted by molar-refractivity contribution is 0.0384. The minimum Gasteiger partial charge on any atom is -0.449 e. The summed E-state index contributed by atoms with van der Waals surface area (Å²) in [7, 11) is 0. The fourth-order valence-corrected chi connectivity index (χ4v) is 2.43. The molecule has 0 radical (unpaired) electrons. The van der Waals surface area contributed by atoms with Crippen molar-refractivity contribution >= 4 is 22.0 Å². The molecule has 0 aromatic heterocycles. The molecule has 17 heavy (non-hydrogen) atoms. The Morgan fingerprint density at radius 1 is 1.53 bits per heavy atom. The smallest absolute Gasteiger partial charge is 0.407 e. The van der Waals surface area contributed by atoms with Gasteiger partial charge in [0.2, 0.25) is 0 Å². The van der Waals surface area contributed by atoms with Crippen LogP contribution >= 0.6 is 15.9 Å². The molecule has 1 amide bonds. The van der Waals surface area contributed by atoms with Crippen molar-refractivity contribution in [1.82, 2.24) is 5.32 Å². The molecule has 1 aliphatic rings. The van der Waals surface area contributed by atoms with Gasteiger partial charge in [-0.15, -0.1) is 0 Å². The van der Waals surface area contributed by atoms with Crippen molar-refractivity contribution < 1.29 is 13.9 Å². The Hall–Kier alpha value is -1.10. The molecule has 1 aromatic rings. The van der Waals surface area contributed by atoms with Crippen LogP contribution in [0.25, 0.3) is 0 Å². The molecule has 0 aliphatic carbocycles.